The first-order chi connectivity index (χ1) is 8.62. The average molecular weight is 250 g/mol. The first kappa shape index (κ1) is 13.8. The van der Waals surface area contributed by atoms with Crippen LogP contribution >= 0.6 is 0 Å². The molecule has 102 valence electrons. The normalized spacial score (nSPS) is 31.2. The van der Waals surface area contributed by atoms with Crippen molar-refractivity contribution in [2.75, 3.05) is 0 Å². The lowest BCUT2D eigenvalue weighted by molar-refractivity contribution is -0.140. The summed E-state index contributed by atoms with van der Waals surface area (Å²) < 4.78 is 11.7. The largest absolute Gasteiger partial charge is 0.340 e. The summed E-state index contributed by atoms with van der Waals surface area (Å²) in [5.41, 5.74) is 1.31. The zero-order valence-electron chi connectivity index (χ0n) is 11.9. The number of fused-ring (bicyclic) bond motifs is 1. The molecule has 2 nitrogen and oxygen atoms in total. The average Bonchev–Trinajstić information content (AvgIpc) is 2.79. The molecule has 0 aromatic rings. The number of hydrogen-bond donors (Lipinski definition) is 0. The van der Waals surface area contributed by atoms with Gasteiger partial charge in [0.1, 0.15) is 12.2 Å². The molecule has 0 amide bonds. The van der Waals surface area contributed by atoms with E-state index in [2.05, 4.69) is 25.2 Å². The molecule has 1 aliphatic carbocycles. The summed E-state index contributed by atoms with van der Waals surface area (Å²) in [6.07, 6.45) is 14.7. The van der Waals surface area contributed by atoms with E-state index in [0.29, 0.717) is 0 Å². The van der Waals surface area contributed by atoms with Crippen molar-refractivity contribution in [3.8, 4) is 0 Å². The minimum atomic E-state index is -0.430. The lowest BCUT2D eigenvalue weighted by atomic mass is 10.1. The molecule has 18 heavy (non-hydrogen) atoms. The Hall–Kier alpha value is -0.600. The Labute approximate surface area is 111 Å². The van der Waals surface area contributed by atoms with E-state index < -0.39 is 5.79 Å². The molecule has 0 aromatic heterocycles. The van der Waals surface area contributed by atoms with E-state index in [9.17, 15) is 0 Å². The monoisotopic (exact) mass is 250 g/mol. The molecule has 0 aromatic carbocycles. The second kappa shape index (κ2) is 6.03. The minimum absolute atomic E-state index is 0.131. The van der Waals surface area contributed by atoms with Crippen molar-refractivity contribution in [1.82, 2.24) is 0 Å². The van der Waals surface area contributed by atoms with Gasteiger partial charge in [0, 0.05) is 0 Å². The zero-order chi connectivity index (χ0) is 13.0. The molecule has 2 atom stereocenters. The fourth-order valence-corrected chi connectivity index (χ4v) is 2.69. The molecule has 0 unspecified atom stereocenters. The van der Waals surface area contributed by atoms with E-state index in [1.807, 2.05) is 13.8 Å². The third-order valence-electron chi connectivity index (χ3n) is 3.62. The SMILES string of the molecule is CCCCCCC/C=C1/C=C[C@@H]2OC(C)(C)O[C@H]12. The summed E-state index contributed by atoms with van der Waals surface area (Å²) in [5, 5.41) is 0. The highest BCUT2D eigenvalue weighted by atomic mass is 16.8. The zero-order valence-corrected chi connectivity index (χ0v) is 11.9. The summed E-state index contributed by atoms with van der Waals surface area (Å²) >= 11 is 0. The van der Waals surface area contributed by atoms with Crippen LogP contribution in [-0.2, 0) is 9.47 Å². The molecule has 2 rings (SSSR count). The van der Waals surface area contributed by atoms with Crippen molar-refractivity contribution in [2.45, 2.75) is 77.3 Å². The minimum Gasteiger partial charge on any atom is -0.340 e. The Balaban J connectivity index is 1.75. The standard InChI is InChI=1S/C16H26O2/c1-4-5-6-7-8-9-10-13-11-12-14-15(13)18-16(2,3)17-14/h10-12,14-15H,4-9H2,1-3H3/b13-10-/t14-,15+/m0/s1. The fraction of sp³-hybridized carbons (Fsp3) is 0.750. The highest BCUT2D eigenvalue weighted by Crippen LogP contribution is 2.37. The van der Waals surface area contributed by atoms with Gasteiger partial charge in [-0.15, -0.1) is 0 Å². The van der Waals surface area contributed by atoms with Gasteiger partial charge in [0.05, 0.1) is 0 Å². The molecule has 0 radical (unpaired) electrons. The Bertz CT molecular complexity index is 328. The summed E-state index contributed by atoms with van der Waals surface area (Å²) in [6.45, 7) is 6.23. The topological polar surface area (TPSA) is 18.5 Å². The number of allylic oxidation sites excluding steroid dienone is 1. The van der Waals surface area contributed by atoms with Gasteiger partial charge < -0.3 is 9.47 Å². The van der Waals surface area contributed by atoms with Crippen molar-refractivity contribution in [3.05, 3.63) is 23.8 Å². The predicted molar refractivity (Wildman–Crippen MR) is 74.4 cm³/mol. The molecule has 2 aliphatic rings. The second-order valence-electron chi connectivity index (χ2n) is 5.79. The van der Waals surface area contributed by atoms with E-state index in [1.165, 1.54) is 37.7 Å². The number of hydrogen-bond acceptors (Lipinski definition) is 2. The maximum atomic E-state index is 5.93. The molecular weight excluding hydrogens is 224 g/mol. The van der Waals surface area contributed by atoms with Crippen molar-refractivity contribution in [3.63, 3.8) is 0 Å². The van der Waals surface area contributed by atoms with E-state index in [0.717, 1.165) is 6.42 Å². The van der Waals surface area contributed by atoms with Gasteiger partial charge in [-0.2, -0.15) is 0 Å². The summed E-state index contributed by atoms with van der Waals surface area (Å²) in [4.78, 5) is 0. The predicted octanol–water partition coefficient (Wildman–Crippen LogP) is 4.36. The molecule has 0 spiro atoms. The smallest absolute Gasteiger partial charge is 0.164 e. The molecule has 0 N–H and O–H groups in total. The highest BCUT2D eigenvalue weighted by molar-refractivity contribution is 5.34. The fourth-order valence-electron chi connectivity index (χ4n) is 2.69. The van der Waals surface area contributed by atoms with Crippen LogP contribution in [0.2, 0.25) is 0 Å². The van der Waals surface area contributed by atoms with Crippen LogP contribution in [0.25, 0.3) is 0 Å². The highest BCUT2D eigenvalue weighted by Gasteiger charge is 2.43. The maximum Gasteiger partial charge on any atom is 0.164 e. The van der Waals surface area contributed by atoms with Gasteiger partial charge in [0.2, 0.25) is 0 Å². The first-order valence-electron chi connectivity index (χ1n) is 7.36. The molecule has 0 bridgehead atoms. The first-order valence-corrected chi connectivity index (χ1v) is 7.36. The van der Waals surface area contributed by atoms with Crippen LogP contribution in [-0.4, -0.2) is 18.0 Å². The lowest BCUT2D eigenvalue weighted by Gasteiger charge is -2.17. The second-order valence-corrected chi connectivity index (χ2v) is 5.79. The maximum absolute atomic E-state index is 5.93. The molecular formula is C16H26O2. The van der Waals surface area contributed by atoms with Gasteiger partial charge in [-0.1, -0.05) is 50.8 Å². The van der Waals surface area contributed by atoms with Gasteiger partial charge in [0.15, 0.2) is 5.79 Å². The Kier molecular flexibility index (Phi) is 4.63. The van der Waals surface area contributed by atoms with E-state index >= 15 is 0 Å². The Morgan fingerprint density at radius 1 is 1.17 bits per heavy atom. The summed E-state index contributed by atoms with van der Waals surface area (Å²) in [5.74, 6) is -0.430. The number of unbranched alkanes of at least 4 members (excludes halogenated alkanes) is 5. The van der Waals surface area contributed by atoms with Gasteiger partial charge >= 0.3 is 0 Å². The van der Waals surface area contributed by atoms with Gasteiger partial charge in [0.25, 0.3) is 0 Å². The van der Waals surface area contributed by atoms with Crippen LogP contribution in [0.1, 0.15) is 59.3 Å². The summed E-state index contributed by atoms with van der Waals surface area (Å²) in [7, 11) is 0. The molecule has 1 heterocycles. The molecule has 1 fully saturated rings. The van der Waals surface area contributed by atoms with Crippen molar-refractivity contribution < 1.29 is 9.47 Å². The van der Waals surface area contributed by atoms with Crippen molar-refractivity contribution >= 4 is 0 Å². The van der Waals surface area contributed by atoms with Crippen molar-refractivity contribution in [1.29, 1.82) is 0 Å². The van der Waals surface area contributed by atoms with Gasteiger partial charge in [-0.3, -0.25) is 0 Å². The quantitative estimate of drug-likeness (QED) is 0.652. The van der Waals surface area contributed by atoms with Crippen LogP contribution in [0.5, 0.6) is 0 Å². The van der Waals surface area contributed by atoms with E-state index in [4.69, 9.17) is 9.47 Å². The van der Waals surface area contributed by atoms with Crippen LogP contribution in [0.15, 0.2) is 23.8 Å². The third-order valence-corrected chi connectivity index (χ3v) is 3.62. The molecule has 1 saturated heterocycles. The molecule has 1 aliphatic heterocycles. The van der Waals surface area contributed by atoms with Crippen LogP contribution in [0.3, 0.4) is 0 Å². The van der Waals surface area contributed by atoms with Crippen LogP contribution in [0, 0.1) is 0 Å². The lowest BCUT2D eigenvalue weighted by Crippen LogP contribution is -2.21. The van der Waals surface area contributed by atoms with Crippen molar-refractivity contribution in [2.24, 2.45) is 0 Å². The number of ether oxygens (including phenoxy) is 2. The Morgan fingerprint density at radius 3 is 2.72 bits per heavy atom. The Morgan fingerprint density at radius 2 is 1.94 bits per heavy atom. The van der Waals surface area contributed by atoms with Crippen LogP contribution in [0.4, 0.5) is 0 Å². The molecule has 0 saturated carbocycles. The van der Waals surface area contributed by atoms with E-state index in [1.54, 1.807) is 0 Å². The molecule has 2 heteroatoms. The van der Waals surface area contributed by atoms with Gasteiger partial charge in [-0.25, -0.2) is 0 Å². The van der Waals surface area contributed by atoms with E-state index in [-0.39, 0.29) is 12.2 Å². The third kappa shape index (κ3) is 3.46. The van der Waals surface area contributed by atoms with Gasteiger partial charge in [-0.05, 0) is 32.3 Å². The number of rotatable bonds is 6. The summed E-state index contributed by atoms with van der Waals surface area (Å²) in [6, 6.07) is 0. The van der Waals surface area contributed by atoms with Crippen LogP contribution < -0.4 is 0 Å².